The first-order valence-electron chi connectivity index (χ1n) is 6.50. The third-order valence-corrected chi connectivity index (χ3v) is 2.83. The van der Waals surface area contributed by atoms with E-state index in [9.17, 15) is 14.0 Å². The topological polar surface area (TPSA) is 61.4 Å². The Morgan fingerprint density at radius 3 is 2.43 bits per heavy atom. The lowest BCUT2D eigenvalue weighted by Gasteiger charge is -2.14. The Balaban J connectivity index is 2.70. The van der Waals surface area contributed by atoms with Crippen LogP contribution in [-0.2, 0) is 0 Å². The molecule has 0 radical (unpaired) electrons. The predicted octanol–water partition coefficient (Wildman–Crippen LogP) is 2.33. The van der Waals surface area contributed by atoms with Crippen molar-refractivity contribution in [2.75, 3.05) is 0 Å². The SMILES string of the molecule is Cc1cc(=O)n(-c2cc(OC(C)C)c(C)cc2F)c(=O)o1. The van der Waals surface area contributed by atoms with Crippen LogP contribution in [0.15, 0.2) is 32.2 Å². The lowest BCUT2D eigenvalue weighted by molar-refractivity contribution is 0.240. The second-order valence-corrected chi connectivity index (χ2v) is 5.03. The smallest absolute Gasteiger partial charge is 0.426 e. The van der Waals surface area contributed by atoms with E-state index in [1.54, 1.807) is 6.92 Å². The van der Waals surface area contributed by atoms with Gasteiger partial charge < -0.3 is 9.15 Å². The summed E-state index contributed by atoms with van der Waals surface area (Å²) < 4.78 is 25.2. The summed E-state index contributed by atoms with van der Waals surface area (Å²) >= 11 is 0. The average Bonchev–Trinajstić information content (AvgIpc) is 2.32. The lowest BCUT2D eigenvalue weighted by atomic mass is 10.2. The van der Waals surface area contributed by atoms with E-state index in [1.807, 2.05) is 13.8 Å². The summed E-state index contributed by atoms with van der Waals surface area (Å²) in [6.45, 7) is 6.82. The van der Waals surface area contributed by atoms with Crippen LogP contribution in [-0.4, -0.2) is 10.7 Å². The van der Waals surface area contributed by atoms with Crippen LogP contribution in [0.2, 0.25) is 0 Å². The number of aromatic nitrogens is 1. The number of benzene rings is 1. The molecule has 2 rings (SSSR count). The molecule has 0 aliphatic heterocycles. The van der Waals surface area contributed by atoms with Crippen molar-refractivity contribution in [3.05, 3.63) is 56.2 Å². The van der Waals surface area contributed by atoms with Crippen molar-refractivity contribution in [1.82, 2.24) is 4.57 Å². The molecule has 0 fully saturated rings. The van der Waals surface area contributed by atoms with Crippen LogP contribution in [0.5, 0.6) is 5.75 Å². The van der Waals surface area contributed by atoms with Crippen molar-refractivity contribution in [2.24, 2.45) is 0 Å². The van der Waals surface area contributed by atoms with E-state index in [0.29, 0.717) is 15.9 Å². The second-order valence-electron chi connectivity index (χ2n) is 5.03. The normalized spacial score (nSPS) is 11.0. The maximum atomic E-state index is 14.1. The van der Waals surface area contributed by atoms with E-state index < -0.39 is 17.1 Å². The molecule has 0 amide bonds. The van der Waals surface area contributed by atoms with Gasteiger partial charge in [-0.3, -0.25) is 4.79 Å². The lowest BCUT2D eigenvalue weighted by Crippen LogP contribution is -2.31. The Bertz CT molecular complexity index is 758. The van der Waals surface area contributed by atoms with Crippen molar-refractivity contribution in [3.8, 4) is 11.4 Å². The number of hydrogen-bond acceptors (Lipinski definition) is 4. The third-order valence-electron chi connectivity index (χ3n) is 2.83. The van der Waals surface area contributed by atoms with Crippen molar-refractivity contribution < 1.29 is 13.5 Å². The maximum absolute atomic E-state index is 14.1. The van der Waals surface area contributed by atoms with E-state index in [1.165, 1.54) is 19.1 Å². The zero-order chi connectivity index (χ0) is 15.7. The minimum absolute atomic E-state index is 0.117. The number of hydrogen-bond donors (Lipinski definition) is 0. The highest BCUT2D eigenvalue weighted by molar-refractivity contribution is 5.45. The van der Waals surface area contributed by atoms with Gasteiger partial charge in [0, 0.05) is 12.1 Å². The third kappa shape index (κ3) is 3.04. The first-order chi connectivity index (χ1) is 9.79. The number of nitrogens with zero attached hydrogens (tertiary/aromatic N) is 1. The summed E-state index contributed by atoms with van der Waals surface area (Å²) in [7, 11) is 0. The molecule has 0 bridgehead atoms. The molecular weight excluding hydrogens is 277 g/mol. The van der Waals surface area contributed by atoms with Gasteiger partial charge in [0.05, 0.1) is 11.8 Å². The minimum atomic E-state index is -0.932. The molecule has 0 spiro atoms. The van der Waals surface area contributed by atoms with Crippen LogP contribution in [0.4, 0.5) is 4.39 Å². The quantitative estimate of drug-likeness (QED) is 0.871. The monoisotopic (exact) mass is 293 g/mol. The van der Waals surface area contributed by atoms with Gasteiger partial charge >= 0.3 is 5.76 Å². The average molecular weight is 293 g/mol. The van der Waals surface area contributed by atoms with Crippen LogP contribution in [0.25, 0.3) is 5.69 Å². The summed E-state index contributed by atoms with van der Waals surface area (Å²) in [5, 5.41) is 0. The Labute approximate surface area is 120 Å². The molecule has 6 heteroatoms. The van der Waals surface area contributed by atoms with Gasteiger partial charge in [-0.1, -0.05) is 0 Å². The van der Waals surface area contributed by atoms with E-state index in [4.69, 9.17) is 9.15 Å². The van der Waals surface area contributed by atoms with E-state index in [2.05, 4.69) is 0 Å². The molecule has 5 nitrogen and oxygen atoms in total. The van der Waals surface area contributed by atoms with Gasteiger partial charge in [0.25, 0.3) is 5.56 Å². The predicted molar refractivity (Wildman–Crippen MR) is 75.8 cm³/mol. The molecule has 1 aromatic heterocycles. The highest BCUT2D eigenvalue weighted by Gasteiger charge is 2.15. The summed E-state index contributed by atoms with van der Waals surface area (Å²) in [6.07, 6.45) is -0.117. The molecule has 21 heavy (non-hydrogen) atoms. The van der Waals surface area contributed by atoms with Crippen LogP contribution in [0.3, 0.4) is 0 Å². The summed E-state index contributed by atoms with van der Waals surface area (Å²) in [4.78, 5) is 23.7. The highest BCUT2D eigenvalue weighted by atomic mass is 19.1. The molecule has 0 unspecified atom stereocenters. The minimum Gasteiger partial charge on any atom is -0.491 e. The number of ether oxygens (including phenoxy) is 1. The Morgan fingerprint density at radius 1 is 1.19 bits per heavy atom. The van der Waals surface area contributed by atoms with Gasteiger partial charge in [0.1, 0.15) is 17.3 Å². The number of halogens is 1. The van der Waals surface area contributed by atoms with Crippen molar-refractivity contribution >= 4 is 0 Å². The van der Waals surface area contributed by atoms with E-state index in [-0.39, 0.29) is 17.6 Å². The van der Waals surface area contributed by atoms with Crippen LogP contribution in [0.1, 0.15) is 25.2 Å². The molecular formula is C15H16FNO4. The number of aryl methyl sites for hydroxylation is 2. The molecule has 0 atom stereocenters. The van der Waals surface area contributed by atoms with E-state index in [0.717, 1.165) is 6.07 Å². The summed E-state index contributed by atoms with van der Waals surface area (Å²) in [6, 6.07) is 3.68. The van der Waals surface area contributed by atoms with Crippen molar-refractivity contribution in [2.45, 2.75) is 33.8 Å². The zero-order valence-corrected chi connectivity index (χ0v) is 12.3. The fourth-order valence-corrected chi connectivity index (χ4v) is 1.95. The molecule has 0 aliphatic carbocycles. The van der Waals surface area contributed by atoms with Gasteiger partial charge in [0.15, 0.2) is 0 Å². The van der Waals surface area contributed by atoms with Crippen LogP contribution < -0.4 is 16.1 Å². The summed E-state index contributed by atoms with van der Waals surface area (Å²) in [5.74, 6) is -1.04. The number of rotatable bonds is 3. The second kappa shape index (κ2) is 5.55. The Morgan fingerprint density at radius 2 is 1.86 bits per heavy atom. The van der Waals surface area contributed by atoms with Gasteiger partial charge in [-0.25, -0.2) is 13.8 Å². The first-order valence-corrected chi connectivity index (χ1v) is 6.50. The van der Waals surface area contributed by atoms with Crippen molar-refractivity contribution in [1.29, 1.82) is 0 Å². The Hall–Kier alpha value is -2.37. The fourth-order valence-electron chi connectivity index (χ4n) is 1.95. The molecule has 112 valence electrons. The molecule has 0 saturated heterocycles. The Kier molecular flexibility index (Phi) is 3.97. The maximum Gasteiger partial charge on any atom is 0.426 e. The highest BCUT2D eigenvalue weighted by Crippen LogP contribution is 2.24. The van der Waals surface area contributed by atoms with Crippen LogP contribution >= 0.6 is 0 Å². The molecule has 1 aromatic carbocycles. The largest absolute Gasteiger partial charge is 0.491 e. The molecule has 0 saturated carbocycles. The molecule has 1 heterocycles. The van der Waals surface area contributed by atoms with Gasteiger partial charge in [0.2, 0.25) is 0 Å². The van der Waals surface area contributed by atoms with Gasteiger partial charge in [-0.15, -0.1) is 0 Å². The van der Waals surface area contributed by atoms with Gasteiger partial charge in [-0.2, -0.15) is 0 Å². The molecule has 0 aliphatic rings. The summed E-state index contributed by atoms with van der Waals surface area (Å²) in [5.41, 5.74) is -0.258. The zero-order valence-electron chi connectivity index (χ0n) is 12.3. The van der Waals surface area contributed by atoms with Crippen LogP contribution in [0, 0.1) is 19.7 Å². The molecule has 0 N–H and O–H groups in total. The van der Waals surface area contributed by atoms with E-state index >= 15 is 0 Å². The first kappa shape index (κ1) is 15.0. The standard InChI is InChI=1S/C15H16FNO4/c1-8(2)20-13-7-12(11(16)5-9(13)3)17-14(18)6-10(4)21-15(17)19/h5-8H,1-4H3. The van der Waals surface area contributed by atoms with Gasteiger partial charge in [-0.05, 0) is 39.3 Å². The molecule has 2 aromatic rings. The van der Waals surface area contributed by atoms with Crippen molar-refractivity contribution in [3.63, 3.8) is 0 Å². The fraction of sp³-hybridized carbons (Fsp3) is 0.333.